The summed E-state index contributed by atoms with van der Waals surface area (Å²) in [5, 5.41) is 27.7. The van der Waals surface area contributed by atoms with Crippen LogP contribution in [0.5, 0.6) is 0 Å². The van der Waals surface area contributed by atoms with E-state index in [9.17, 15) is 14.9 Å². The smallest absolute Gasteiger partial charge is 0.404 e. The summed E-state index contributed by atoms with van der Waals surface area (Å²) in [5.74, 6) is 0.656. The van der Waals surface area contributed by atoms with Crippen LogP contribution in [-0.2, 0) is 7.05 Å². The summed E-state index contributed by atoms with van der Waals surface area (Å²) in [6.45, 7) is 1.24. The van der Waals surface area contributed by atoms with E-state index in [2.05, 4.69) is 10.4 Å². The number of fused-ring (bicyclic) bond motifs is 1. The molecule has 0 radical (unpaired) electrons. The third-order valence-corrected chi connectivity index (χ3v) is 4.07. The first-order valence-corrected chi connectivity index (χ1v) is 7.32. The number of rotatable bonds is 3. The zero-order valence-corrected chi connectivity index (χ0v) is 12.6. The molecule has 2 N–H and O–H groups in total. The van der Waals surface area contributed by atoms with Gasteiger partial charge in [-0.05, 0) is 18.9 Å². The van der Waals surface area contributed by atoms with E-state index < -0.39 is 11.0 Å². The number of aromatic nitrogens is 2. The molecule has 3 rings (SSSR count). The predicted molar refractivity (Wildman–Crippen MR) is 83.8 cm³/mol. The maximum Gasteiger partial charge on any atom is 0.404 e. The summed E-state index contributed by atoms with van der Waals surface area (Å²) < 4.78 is 1.51. The molecule has 9 heteroatoms. The molecule has 1 fully saturated rings. The van der Waals surface area contributed by atoms with Gasteiger partial charge in [-0.15, -0.1) is 0 Å². The van der Waals surface area contributed by atoms with Gasteiger partial charge in [0.15, 0.2) is 5.82 Å². The van der Waals surface area contributed by atoms with Crippen LogP contribution in [0.15, 0.2) is 18.2 Å². The monoisotopic (exact) mass is 319 g/mol. The number of nitro benzene ring substituents is 1. The van der Waals surface area contributed by atoms with E-state index in [1.165, 1.54) is 10.7 Å². The van der Waals surface area contributed by atoms with Crippen molar-refractivity contribution in [3.8, 4) is 0 Å². The van der Waals surface area contributed by atoms with Crippen LogP contribution in [-0.4, -0.2) is 45.0 Å². The summed E-state index contributed by atoms with van der Waals surface area (Å²) in [4.78, 5) is 23.6. The van der Waals surface area contributed by atoms with Crippen molar-refractivity contribution in [1.82, 2.24) is 15.1 Å². The third kappa shape index (κ3) is 2.77. The van der Waals surface area contributed by atoms with Crippen LogP contribution in [0.1, 0.15) is 12.8 Å². The predicted octanol–water partition coefficient (Wildman–Crippen LogP) is 1.72. The summed E-state index contributed by atoms with van der Waals surface area (Å²) in [7, 11) is 1.68. The highest BCUT2D eigenvalue weighted by Gasteiger charge is 2.26. The first-order valence-electron chi connectivity index (χ1n) is 7.32. The van der Waals surface area contributed by atoms with Crippen molar-refractivity contribution in [3.05, 3.63) is 28.3 Å². The lowest BCUT2D eigenvalue weighted by Gasteiger charge is -2.32. The molecule has 0 aliphatic carbocycles. The molecule has 1 aliphatic rings. The number of carbonyl (C=O) groups is 1. The Hall–Kier alpha value is -2.84. The minimum atomic E-state index is -1.04. The first kappa shape index (κ1) is 15.1. The molecule has 1 aromatic carbocycles. The van der Waals surface area contributed by atoms with Crippen LogP contribution in [0.2, 0.25) is 0 Å². The number of nitrogens with zero attached hydrogens (tertiary/aromatic N) is 4. The highest BCUT2D eigenvalue weighted by Crippen LogP contribution is 2.33. The Morgan fingerprint density at radius 3 is 3.00 bits per heavy atom. The summed E-state index contributed by atoms with van der Waals surface area (Å²) in [6.07, 6.45) is 0.560. The standard InChI is InChI=1S/C14H17N5O4/c1-17-12-10(5-2-6-11(12)19(22)23)13(16-17)18-7-3-4-9(8-18)15-14(20)21/h2,5-6,9,15H,3-4,7-8H2,1H3,(H,20,21). The second-order valence-corrected chi connectivity index (χ2v) is 5.61. The highest BCUT2D eigenvalue weighted by atomic mass is 16.6. The molecule has 0 spiro atoms. The molecular weight excluding hydrogens is 302 g/mol. The molecule has 122 valence electrons. The molecule has 1 aliphatic heterocycles. The number of carboxylic acid groups (broad SMARTS) is 1. The van der Waals surface area contributed by atoms with Gasteiger partial charge in [-0.2, -0.15) is 5.10 Å². The van der Waals surface area contributed by atoms with Gasteiger partial charge in [-0.1, -0.05) is 6.07 Å². The van der Waals surface area contributed by atoms with Gasteiger partial charge in [-0.3, -0.25) is 14.8 Å². The molecule has 1 amide bonds. The van der Waals surface area contributed by atoms with Crippen LogP contribution < -0.4 is 10.2 Å². The number of hydrogen-bond acceptors (Lipinski definition) is 5. The molecule has 0 saturated carbocycles. The number of para-hydroxylation sites is 1. The lowest BCUT2D eigenvalue weighted by molar-refractivity contribution is -0.383. The van der Waals surface area contributed by atoms with Gasteiger partial charge in [0.1, 0.15) is 5.52 Å². The van der Waals surface area contributed by atoms with Gasteiger partial charge in [0.25, 0.3) is 5.69 Å². The number of amides is 1. The summed E-state index contributed by atoms with van der Waals surface area (Å²) in [6, 6.07) is 4.73. The minimum Gasteiger partial charge on any atom is -0.465 e. The van der Waals surface area contributed by atoms with Crippen LogP contribution in [0.4, 0.5) is 16.3 Å². The lowest BCUT2D eigenvalue weighted by Crippen LogP contribution is -2.47. The van der Waals surface area contributed by atoms with Crippen molar-refractivity contribution in [1.29, 1.82) is 0 Å². The fourth-order valence-electron chi connectivity index (χ4n) is 3.14. The van der Waals surface area contributed by atoms with Gasteiger partial charge in [-0.25, -0.2) is 4.79 Å². The van der Waals surface area contributed by atoms with Crippen molar-refractivity contribution in [3.63, 3.8) is 0 Å². The molecule has 1 saturated heterocycles. The fourth-order valence-corrected chi connectivity index (χ4v) is 3.14. The molecule has 1 unspecified atom stereocenters. The largest absolute Gasteiger partial charge is 0.465 e. The van der Waals surface area contributed by atoms with Crippen molar-refractivity contribution in [2.24, 2.45) is 7.05 Å². The quantitative estimate of drug-likeness (QED) is 0.657. The Kier molecular flexibility index (Phi) is 3.77. The second-order valence-electron chi connectivity index (χ2n) is 5.61. The van der Waals surface area contributed by atoms with Crippen molar-refractivity contribution in [2.75, 3.05) is 18.0 Å². The van der Waals surface area contributed by atoms with E-state index in [0.29, 0.717) is 23.3 Å². The molecule has 0 bridgehead atoms. The molecular formula is C14H17N5O4. The van der Waals surface area contributed by atoms with E-state index in [-0.39, 0.29) is 11.7 Å². The number of piperidine rings is 1. The minimum absolute atomic E-state index is 0.0148. The van der Waals surface area contributed by atoms with E-state index >= 15 is 0 Å². The van der Waals surface area contributed by atoms with Crippen molar-refractivity contribution >= 4 is 28.5 Å². The number of benzene rings is 1. The maximum atomic E-state index is 11.2. The summed E-state index contributed by atoms with van der Waals surface area (Å²) in [5.41, 5.74) is 0.488. The third-order valence-electron chi connectivity index (χ3n) is 4.07. The maximum absolute atomic E-state index is 11.2. The molecule has 9 nitrogen and oxygen atoms in total. The molecule has 1 aromatic heterocycles. The van der Waals surface area contributed by atoms with Gasteiger partial charge < -0.3 is 15.3 Å². The number of nitrogens with one attached hydrogen (secondary N) is 1. The Morgan fingerprint density at radius 1 is 1.52 bits per heavy atom. The van der Waals surface area contributed by atoms with Crippen LogP contribution in [0, 0.1) is 10.1 Å². The van der Waals surface area contributed by atoms with Crippen LogP contribution in [0.3, 0.4) is 0 Å². The van der Waals surface area contributed by atoms with Crippen molar-refractivity contribution in [2.45, 2.75) is 18.9 Å². The van der Waals surface area contributed by atoms with Crippen LogP contribution in [0.25, 0.3) is 10.9 Å². The number of aryl methyl sites for hydroxylation is 1. The number of non-ortho nitro benzene ring substituents is 1. The molecule has 2 heterocycles. The van der Waals surface area contributed by atoms with Gasteiger partial charge in [0.2, 0.25) is 0 Å². The summed E-state index contributed by atoms with van der Waals surface area (Å²) >= 11 is 0. The van der Waals surface area contributed by atoms with E-state index in [0.717, 1.165) is 19.4 Å². The van der Waals surface area contributed by atoms with Gasteiger partial charge in [0.05, 0.1) is 10.3 Å². The highest BCUT2D eigenvalue weighted by molar-refractivity contribution is 5.96. The topological polar surface area (TPSA) is 114 Å². The lowest BCUT2D eigenvalue weighted by atomic mass is 10.1. The second kappa shape index (κ2) is 5.75. The van der Waals surface area contributed by atoms with Gasteiger partial charge in [0, 0.05) is 32.2 Å². The Balaban J connectivity index is 1.98. The average molecular weight is 319 g/mol. The van der Waals surface area contributed by atoms with E-state index in [1.54, 1.807) is 19.2 Å². The average Bonchev–Trinajstić information content (AvgIpc) is 2.84. The Morgan fingerprint density at radius 2 is 2.30 bits per heavy atom. The zero-order chi connectivity index (χ0) is 16.6. The fraction of sp³-hybridized carbons (Fsp3) is 0.429. The van der Waals surface area contributed by atoms with E-state index in [1.807, 2.05) is 4.90 Å². The number of nitro groups is 1. The van der Waals surface area contributed by atoms with E-state index in [4.69, 9.17) is 5.11 Å². The van der Waals surface area contributed by atoms with Crippen molar-refractivity contribution < 1.29 is 14.8 Å². The zero-order valence-electron chi connectivity index (χ0n) is 12.6. The molecule has 1 atom stereocenters. The Bertz CT molecular complexity index is 772. The number of anilines is 1. The SMILES string of the molecule is Cn1nc(N2CCCC(NC(=O)O)C2)c2cccc([N+](=O)[O-])c21. The normalized spacial score (nSPS) is 18.1. The number of hydrogen-bond donors (Lipinski definition) is 2. The first-order chi connectivity index (χ1) is 11.0. The Labute approximate surface area is 131 Å². The molecule has 2 aromatic rings. The van der Waals surface area contributed by atoms with Gasteiger partial charge >= 0.3 is 6.09 Å². The van der Waals surface area contributed by atoms with Crippen LogP contribution >= 0.6 is 0 Å². The molecule has 23 heavy (non-hydrogen) atoms.